The molecule has 5 rings (SSSR count). The molecule has 39 heavy (non-hydrogen) atoms. The van der Waals surface area contributed by atoms with Crippen LogP contribution in [0.2, 0.25) is 0 Å². The summed E-state index contributed by atoms with van der Waals surface area (Å²) in [7, 11) is 0. The molecule has 0 bridgehead atoms. The molecule has 3 heterocycles. The van der Waals surface area contributed by atoms with Crippen LogP contribution < -0.4 is 0 Å². The molecule has 0 spiro atoms. The second-order valence-electron chi connectivity index (χ2n) is 10.0. The van der Waals surface area contributed by atoms with Gasteiger partial charge in [0.25, 0.3) is 5.91 Å². The number of halogens is 2. The molecule has 6 nitrogen and oxygen atoms in total. The number of hydrogen-bond acceptors (Lipinski definition) is 5. The Balaban J connectivity index is 1.12. The highest BCUT2D eigenvalue weighted by molar-refractivity contribution is 5.94. The number of carbonyl (C=O) groups is 1. The molecule has 0 saturated carbocycles. The van der Waals surface area contributed by atoms with Crippen LogP contribution in [0.5, 0.6) is 0 Å². The van der Waals surface area contributed by atoms with E-state index >= 15 is 0 Å². The summed E-state index contributed by atoms with van der Waals surface area (Å²) < 4.78 is 26.3. The lowest BCUT2D eigenvalue weighted by Crippen LogP contribution is -2.48. The Kier molecular flexibility index (Phi) is 8.47. The van der Waals surface area contributed by atoms with Crippen LogP contribution in [0.4, 0.5) is 8.78 Å². The fourth-order valence-corrected chi connectivity index (χ4v) is 5.14. The summed E-state index contributed by atoms with van der Waals surface area (Å²) in [5, 5.41) is 0. The first-order chi connectivity index (χ1) is 19.0. The quantitative estimate of drug-likeness (QED) is 0.428. The van der Waals surface area contributed by atoms with Crippen molar-refractivity contribution in [3.8, 4) is 0 Å². The first-order valence-corrected chi connectivity index (χ1v) is 13.3. The maximum Gasteiger partial charge on any atom is 0.255 e. The lowest BCUT2D eigenvalue weighted by Gasteiger charge is -2.36. The number of pyridine rings is 1. The van der Waals surface area contributed by atoms with Crippen LogP contribution in [-0.2, 0) is 13.1 Å². The molecule has 3 aromatic rings. The fourth-order valence-electron chi connectivity index (χ4n) is 5.14. The summed E-state index contributed by atoms with van der Waals surface area (Å²) in [5.74, 6) is -0.467. The Bertz CT molecular complexity index is 1300. The Morgan fingerprint density at radius 1 is 0.718 bits per heavy atom. The lowest BCUT2D eigenvalue weighted by molar-refractivity contribution is 0.0628. The molecule has 202 valence electrons. The van der Waals surface area contributed by atoms with Crippen molar-refractivity contribution in [3.05, 3.63) is 113 Å². The van der Waals surface area contributed by atoms with Gasteiger partial charge in [-0.2, -0.15) is 0 Å². The zero-order valence-corrected chi connectivity index (χ0v) is 22.0. The van der Waals surface area contributed by atoms with E-state index in [9.17, 15) is 13.6 Å². The highest BCUT2D eigenvalue weighted by Gasteiger charge is 2.24. The van der Waals surface area contributed by atoms with E-state index in [4.69, 9.17) is 0 Å². The maximum absolute atomic E-state index is 13.2. The third kappa shape index (κ3) is 6.79. The second kappa shape index (κ2) is 12.3. The van der Waals surface area contributed by atoms with Gasteiger partial charge < -0.3 is 9.80 Å². The third-order valence-electron chi connectivity index (χ3n) is 7.41. The minimum absolute atomic E-state index is 0.0194. The molecular formula is C31H33F2N5O. The average Bonchev–Trinajstić information content (AvgIpc) is 2.97. The van der Waals surface area contributed by atoms with Crippen molar-refractivity contribution in [2.24, 2.45) is 0 Å². The molecular weight excluding hydrogens is 496 g/mol. The van der Waals surface area contributed by atoms with Crippen molar-refractivity contribution in [1.82, 2.24) is 24.6 Å². The number of hydrogen-bond donors (Lipinski definition) is 0. The highest BCUT2D eigenvalue weighted by Crippen LogP contribution is 2.20. The van der Waals surface area contributed by atoms with E-state index in [0.29, 0.717) is 18.7 Å². The second-order valence-corrected chi connectivity index (χ2v) is 10.0. The number of carbonyl (C=O) groups excluding carboxylic acids is 1. The molecule has 0 unspecified atom stereocenters. The number of nitrogens with zero attached hydrogens (tertiary/aromatic N) is 5. The topological polar surface area (TPSA) is 42.9 Å². The van der Waals surface area contributed by atoms with Gasteiger partial charge in [-0.05, 0) is 47.5 Å². The van der Waals surface area contributed by atoms with Gasteiger partial charge in [0.1, 0.15) is 17.3 Å². The van der Waals surface area contributed by atoms with Crippen molar-refractivity contribution in [1.29, 1.82) is 0 Å². The van der Waals surface area contributed by atoms with Gasteiger partial charge in [0, 0.05) is 71.6 Å². The van der Waals surface area contributed by atoms with Crippen molar-refractivity contribution in [2.75, 3.05) is 52.4 Å². The number of amides is 1. The van der Waals surface area contributed by atoms with Crippen molar-refractivity contribution >= 4 is 11.6 Å². The van der Waals surface area contributed by atoms with E-state index in [1.165, 1.54) is 24.3 Å². The predicted octanol–water partition coefficient (Wildman–Crippen LogP) is 4.26. The van der Waals surface area contributed by atoms with E-state index in [1.54, 1.807) is 18.3 Å². The third-order valence-corrected chi connectivity index (χ3v) is 7.41. The zero-order valence-electron chi connectivity index (χ0n) is 22.0. The Morgan fingerprint density at radius 2 is 1.21 bits per heavy atom. The fraction of sp³-hybridized carbons (Fsp3) is 0.323. The van der Waals surface area contributed by atoms with E-state index in [2.05, 4.69) is 32.0 Å². The first-order valence-electron chi connectivity index (χ1n) is 13.3. The summed E-state index contributed by atoms with van der Waals surface area (Å²) in [5.41, 5.74) is 7.36. The van der Waals surface area contributed by atoms with Gasteiger partial charge in [-0.1, -0.05) is 30.8 Å². The minimum Gasteiger partial charge on any atom is -0.361 e. The first kappa shape index (κ1) is 26.8. The molecule has 2 aromatic carbocycles. The number of aromatic nitrogens is 1. The Hall–Kier alpha value is -3.84. The summed E-state index contributed by atoms with van der Waals surface area (Å²) in [6.07, 6.45) is 1.64. The average molecular weight is 530 g/mol. The molecule has 2 saturated heterocycles. The van der Waals surface area contributed by atoms with Crippen LogP contribution in [0.15, 0.2) is 79.2 Å². The molecule has 0 radical (unpaired) electrons. The van der Waals surface area contributed by atoms with Crippen LogP contribution in [0.1, 0.15) is 27.2 Å². The van der Waals surface area contributed by atoms with Crippen LogP contribution in [0, 0.1) is 11.6 Å². The van der Waals surface area contributed by atoms with Gasteiger partial charge in [0.05, 0.1) is 11.3 Å². The minimum atomic E-state index is -0.231. The number of rotatable bonds is 7. The number of benzene rings is 2. The molecule has 1 amide bonds. The monoisotopic (exact) mass is 529 g/mol. The van der Waals surface area contributed by atoms with Gasteiger partial charge in [0.15, 0.2) is 0 Å². The number of piperazine rings is 2. The normalized spacial score (nSPS) is 16.7. The Morgan fingerprint density at radius 3 is 1.64 bits per heavy atom. The van der Waals surface area contributed by atoms with Crippen LogP contribution in [0.25, 0.3) is 5.70 Å². The van der Waals surface area contributed by atoms with E-state index < -0.39 is 0 Å². The molecule has 2 fully saturated rings. The van der Waals surface area contributed by atoms with Gasteiger partial charge in [0.2, 0.25) is 0 Å². The summed E-state index contributed by atoms with van der Waals surface area (Å²) in [6, 6.07) is 16.9. The van der Waals surface area contributed by atoms with E-state index in [-0.39, 0.29) is 17.5 Å². The van der Waals surface area contributed by atoms with Gasteiger partial charge in [-0.25, -0.2) is 8.78 Å². The smallest absolute Gasteiger partial charge is 0.255 e. The Labute approximate surface area is 228 Å². The van der Waals surface area contributed by atoms with Gasteiger partial charge in [-0.3, -0.25) is 19.6 Å². The lowest BCUT2D eigenvalue weighted by atomic mass is 10.1. The summed E-state index contributed by atoms with van der Waals surface area (Å²) >= 11 is 0. The molecule has 8 heteroatoms. The van der Waals surface area contributed by atoms with Crippen molar-refractivity contribution in [3.63, 3.8) is 0 Å². The summed E-state index contributed by atoms with van der Waals surface area (Å²) in [4.78, 5) is 26.4. The molecule has 0 atom stereocenters. The summed E-state index contributed by atoms with van der Waals surface area (Å²) in [6.45, 7) is 11.6. The molecule has 0 N–H and O–H groups in total. The van der Waals surface area contributed by atoms with E-state index in [0.717, 1.165) is 74.9 Å². The van der Waals surface area contributed by atoms with Crippen LogP contribution in [0.3, 0.4) is 0 Å². The predicted molar refractivity (Wildman–Crippen MR) is 148 cm³/mol. The molecule has 2 aliphatic heterocycles. The van der Waals surface area contributed by atoms with Gasteiger partial charge >= 0.3 is 0 Å². The highest BCUT2D eigenvalue weighted by atomic mass is 19.1. The SMILES string of the molecule is C=C=C(c1ccc(C(=O)N2CCN(Cc3ccc(F)cc3)CC2)cn1)N1CCN(Cc2ccc(F)cc2)CC1. The van der Waals surface area contributed by atoms with Gasteiger partial charge in [-0.15, -0.1) is 5.73 Å². The van der Waals surface area contributed by atoms with Crippen LogP contribution >= 0.6 is 0 Å². The molecule has 0 aliphatic carbocycles. The van der Waals surface area contributed by atoms with Crippen molar-refractivity contribution in [2.45, 2.75) is 13.1 Å². The molecule has 1 aromatic heterocycles. The molecule has 2 aliphatic rings. The maximum atomic E-state index is 13.2. The zero-order chi connectivity index (χ0) is 27.2. The van der Waals surface area contributed by atoms with Crippen molar-refractivity contribution < 1.29 is 13.6 Å². The van der Waals surface area contributed by atoms with E-state index in [1.807, 2.05) is 29.2 Å². The standard InChI is InChI=1S/C31H33F2N5O/c1-2-30(37-17-13-35(14-18-37)22-24-3-8-27(32)9-4-24)29-12-7-26(21-34-29)31(39)38-19-15-36(16-20-38)23-25-5-10-28(33)11-6-25/h3-12,21H,1,13-20,22-23H2. The van der Waals surface area contributed by atoms with Crippen LogP contribution in [-0.4, -0.2) is 82.8 Å². The largest absolute Gasteiger partial charge is 0.361 e.